The molecular weight excluding hydrogens is 168 g/mol. The van der Waals surface area contributed by atoms with E-state index in [1.54, 1.807) is 5.56 Å². The molecule has 0 heterocycles. The fraction of sp³-hybridized carbons (Fsp3) is 0.429. The van der Waals surface area contributed by atoms with Crippen molar-refractivity contribution >= 4 is 6.08 Å². The van der Waals surface area contributed by atoms with Gasteiger partial charge in [0.2, 0.25) is 0 Å². The molecule has 0 radical (unpaired) electrons. The Morgan fingerprint density at radius 2 is 1.93 bits per heavy atom. The van der Waals surface area contributed by atoms with Crippen molar-refractivity contribution in [1.29, 1.82) is 0 Å². The Labute approximate surface area is 86.7 Å². The normalized spacial score (nSPS) is 13.3. The summed E-state index contributed by atoms with van der Waals surface area (Å²) in [5.41, 5.74) is 6.17. The van der Waals surface area contributed by atoms with E-state index in [0.717, 1.165) is 12.8 Å². The van der Waals surface area contributed by atoms with Gasteiger partial charge >= 0.3 is 0 Å². The largest absolute Gasteiger partial charge is 0.0795 e. The number of rotatable bonds is 3. The molecule has 0 aliphatic heterocycles. The van der Waals surface area contributed by atoms with Crippen LogP contribution in [0.3, 0.4) is 0 Å². The van der Waals surface area contributed by atoms with Crippen molar-refractivity contribution in [3.05, 3.63) is 40.5 Å². The average Bonchev–Trinajstić information content (AvgIpc) is 2.67. The van der Waals surface area contributed by atoms with Gasteiger partial charge in [0.25, 0.3) is 0 Å². The van der Waals surface area contributed by atoms with E-state index in [1.165, 1.54) is 29.5 Å². The lowest BCUT2D eigenvalue weighted by molar-refractivity contribution is 0.914. The van der Waals surface area contributed by atoms with E-state index in [-0.39, 0.29) is 0 Å². The molecule has 14 heavy (non-hydrogen) atoms. The molecule has 0 saturated carbocycles. The zero-order valence-electron chi connectivity index (χ0n) is 9.14. The molecule has 1 aromatic carbocycles. The van der Waals surface area contributed by atoms with Crippen LogP contribution in [0.25, 0.3) is 6.08 Å². The zero-order valence-corrected chi connectivity index (χ0v) is 9.14. The molecule has 2 rings (SSSR count). The van der Waals surface area contributed by atoms with Crippen LogP contribution in [0.4, 0.5) is 0 Å². The number of allylic oxidation sites excluding steroid dienone is 1. The molecule has 0 saturated heterocycles. The highest BCUT2D eigenvalue weighted by Gasteiger charge is 2.12. The minimum atomic E-state index is 1.15. The van der Waals surface area contributed by atoms with Crippen molar-refractivity contribution in [2.24, 2.45) is 0 Å². The van der Waals surface area contributed by atoms with Crippen molar-refractivity contribution < 1.29 is 0 Å². The van der Waals surface area contributed by atoms with Gasteiger partial charge in [-0.15, -0.1) is 0 Å². The first-order valence-corrected chi connectivity index (χ1v) is 5.67. The van der Waals surface area contributed by atoms with Crippen LogP contribution in [-0.4, -0.2) is 0 Å². The van der Waals surface area contributed by atoms with Crippen LogP contribution in [0.5, 0.6) is 0 Å². The van der Waals surface area contributed by atoms with E-state index in [1.807, 2.05) is 0 Å². The molecule has 0 aromatic heterocycles. The first-order chi connectivity index (χ1) is 6.86. The Balaban J connectivity index is 2.46. The highest BCUT2D eigenvalue weighted by molar-refractivity contribution is 5.65. The van der Waals surface area contributed by atoms with Gasteiger partial charge in [-0.25, -0.2) is 0 Å². The van der Waals surface area contributed by atoms with E-state index in [0.29, 0.717) is 0 Å². The molecule has 1 aliphatic rings. The first-order valence-electron chi connectivity index (χ1n) is 5.67. The predicted molar refractivity (Wildman–Crippen MR) is 62.6 cm³/mol. The lowest BCUT2D eigenvalue weighted by atomic mass is 9.94. The van der Waals surface area contributed by atoms with Gasteiger partial charge in [-0.05, 0) is 41.5 Å². The summed E-state index contributed by atoms with van der Waals surface area (Å²) in [6.07, 6.45) is 9.37. The van der Waals surface area contributed by atoms with E-state index in [2.05, 4.69) is 38.1 Å². The van der Waals surface area contributed by atoms with Crippen molar-refractivity contribution in [2.75, 3.05) is 0 Å². The maximum atomic E-state index is 2.32. The summed E-state index contributed by atoms with van der Waals surface area (Å²) in [5, 5.41) is 0. The fourth-order valence-electron chi connectivity index (χ4n) is 2.32. The molecule has 74 valence electrons. The van der Waals surface area contributed by atoms with Crippen LogP contribution in [0.1, 0.15) is 42.5 Å². The van der Waals surface area contributed by atoms with Gasteiger partial charge in [-0.1, -0.05) is 44.6 Å². The van der Waals surface area contributed by atoms with Crippen molar-refractivity contribution in [1.82, 2.24) is 0 Å². The Hall–Kier alpha value is -1.04. The summed E-state index contributed by atoms with van der Waals surface area (Å²) >= 11 is 0. The molecule has 0 nitrogen and oxygen atoms in total. The molecule has 1 aliphatic carbocycles. The summed E-state index contributed by atoms with van der Waals surface area (Å²) in [7, 11) is 0. The molecule has 0 N–H and O–H groups in total. The van der Waals surface area contributed by atoms with E-state index < -0.39 is 0 Å². The van der Waals surface area contributed by atoms with Gasteiger partial charge in [-0.2, -0.15) is 0 Å². The van der Waals surface area contributed by atoms with Gasteiger partial charge < -0.3 is 0 Å². The van der Waals surface area contributed by atoms with Crippen molar-refractivity contribution in [3.8, 4) is 0 Å². The number of benzene rings is 1. The molecule has 0 spiro atoms. The molecule has 1 aromatic rings. The van der Waals surface area contributed by atoms with Crippen LogP contribution < -0.4 is 0 Å². The summed E-state index contributed by atoms with van der Waals surface area (Å²) in [6, 6.07) is 4.63. The van der Waals surface area contributed by atoms with Gasteiger partial charge in [0.05, 0.1) is 0 Å². The maximum Gasteiger partial charge on any atom is -0.00853 e. The van der Waals surface area contributed by atoms with Crippen LogP contribution >= 0.6 is 0 Å². The lowest BCUT2D eigenvalue weighted by Gasteiger charge is -2.11. The number of hydrogen-bond acceptors (Lipinski definition) is 0. The van der Waals surface area contributed by atoms with Crippen LogP contribution in [-0.2, 0) is 19.3 Å². The third kappa shape index (κ3) is 1.50. The van der Waals surface area contributed by atoms with Gasteiger partial charge in [0.15, 0.2) is 0 Å². The summed E-state index contributed by atoms with van der Waals surface area (Å²) in [4.78, 5) is 0. The van der Waals surface area contributed by atoms with Crippen molar-refractivity contribution in [2.45, 2.75) is 39.5 Å². The van der Waals surface area contributed by atoms with E-state index >= 15 is 0 Å². The number of hydrogen-bond donors (Lipinski definition) is 0. The highest BCUT2D eigenvalue weighted by atomic mass is 14.2. The molecule has 0 heteroatoms. The SMILES string of the molecule is CCCc1ccc(CC)c2c1C=CC2. The standard InChI is InChI=1S/C14H18/c1-3-6-12-10-9-11(4-2)13-7-5-8-14(12)13/h5,8-10H,3-4,6-7H2,1-2H3. The summed E-state index contributed by atoms with van der Waals surface area (Å²) < 4.78 is 0. The molecule has 0 bridgehead atoms. The second kappa shape index (κ2) is 4.00. The van der Waals surface area contributed by atoms with Crippen LogP contribution in [0.15, 0.2) is 18.2 Å². The van der Waals surface area contributed by atoms with E-state index in [9.17, 15) is 0 Å². The lowest BCUT2D eigenvalue weighted by Crippen LogP contribution is -1.96. The minimum absolute atomic E-state index is 1.15. The average molecular weight is 186 g/mol. The smallest absolute Gasteiger partial charge is 0.00853 e. The Kier molecular flexibility index (Phi) is 2.72. The summed E-state index contributed by atoms with van der Waals surface area (Å²) in [5.74, 6) is 0. The second-order valence-electron chi connectivity index (χ2n) is 3.99. The Morgan fingerprint density at radius 1 is 1.14 bits per heavy atom. The minimum Gasteiger partial charge on any atom is -0.0795 e. The van der Waals surface area contributed by atoms with E-state index in [4.69, 9.17) is 0 Å². The van der Waals surface area contributed by atoms with Crippen LogP contribution in [0, 0.1) is 0 Å². The number of fused-ring (bicyclic) bond motifs is 1. The third-order valence-electron chi connectivity index (χ3n) is 3.05. The molecule has 0 atom stereocenters. The molecule has 0 amide bonds. The Bertz CT molecular complexity index is 359. The van der Waals surface area contributed by atoms with Crippen molar-refractivity contribution in [3.63, 3.8) is 0 Å². The molecular formula is C14H18. The number of aryl methyl sites for hydroxylation is 2. The van der Waals surface area contributed by atoms with Crippen LogP contribution in [0.2, 0.25) is 0 Å². The molecule has 0 unspecified atom stereocenters. The predicted octanol–water partition coefficient (Wildman–Crippen LogP) is 3.77. The molecule has 0 fully saturated rings. The third-order valence-corrected chi connectivity index (χ3v) is 3.05. The fourth-order valence-corrected chi connectivity index (χ4v) is 2.32. The quantitative estimate of drug-likeness (QED) is 0.674. The summed E-state index contributed by atoms with van der Waals surface area (Å²) in [6.45, 7) is 4.49. The maximum absolute atomic E-state index is 2.32. The van der Waals surface area contributed by atoms with Gasteiger partial charge in [0, 0.05) is 0 Å². The second-order valence-corrected chi connectivity index (χ2v) is 3.99. The van der Waals surface area contributed by atoms with Gasteiger partial charge in [-0.3, -0.25) is 0 Å². The monoisotopic (exact) mass is 186 g/mol. The van der Waals surface area contributed by atoms with Gasteiger partial charge in [0.1, 0.15) is 0 Å². The zero-order chi connectivity index (χ0) is 9.97. The highest BCUT2D eigenvalue weighted by Crippen LogP contribution is 2.27. The topological polar surface area (TPSA) is 0 Å². The Morgan fingerprint density at radius 3 is 2.64 bits per heavy atom. The first kappa shape index (κ1) is 9.51.